The normalized spacial score (nSPS) is 29.7. The van der Waals surface area contributed by atoms with Gasteiger partial charge in [0.15, 0.2) is 0 Å². The molecule has 0 aromatic rings. The van der Waals surface area contributed by atoms with Crippen molar-refractivity contribution in [3.63, 3.8) is 0 Å². The van der Waals surface area contributed by atoms with Crippen molar-refractivity contribution in [3.05, 3.63) is 0 Å². The van der Waals surface area contributed by atoms with Crippen LogP contribution in [0.4, 0.5) is 0 Å². The summed E-state index contributed by atoms with van der Waals surface area (Å²) in [6, 6.07) is 1.45. The molecular weight excluding hydrogens is 256 g/mol. The minimum Gasteiger partial charge on any atom is -0.308 e. The number of hydrogen-bond acceptors (Lipinski definition) is 2. The lowest BCUT2D eigenvalue weighted by Crippen LogP contribution is -2.67. The van der Waals surface area contributed by atoms with E-state index in [9.17, 15) is 0 Å². The van der Waals surface area contributed by atoms with E-state index in [2.05, 4.69) is 44.8 Å². The van der Waals surface area contributed by atoms with Crippen LogP contribution in [0.15, 0.2) is 0 Å². The van der Waals surface area contributed by atoms with Crippen molar-refractivity contribution < 1.29 is 0 Å². The molecule has 1 N–H and O–H groups in total. The van der Waals surface area contributed by atoms with Crippen LogP contribution in [0.25, 0.3) is 0 Å². The van der Waals surface area contributed by atoms with Crippen LogP contribution >= 0.6 is 0 Å². The number of nitrogens with zero attached hydrogens (tertiary/aromatic N) is 1. The van der Waals surface area contributed by atoms with E-state index in [-0.39, 0.29) is 0 Å². The first-order valence-corrected chi connectivity index (χ1v) is 9.48. The van der Waals surface area contributed by atoms with Crippen LogP contribution in [-0.2, 0) is 0 Å². The molecule has 2 nitrogen and oxygen atoms in total. The minimum absolute atomic E-state index is 0.438. The fourth-order valence-corrected chi connectivity index (χ4v) is 4.51. The lowest BCUT2D eigenvalue weighted by Gasteiger charge is -2.53. The molecule has 0 amide bonds. The topological polar surface area (TPSA) is 15.3 Å². The fourth-order valence-electron chi connectivity index (χ4n) is 4.51. The van der Waals surface area contributed by atoms with E-state index in [0.717, 1.165) is 23.9 Å². The Labute approximate surface area is 133 Å². The second-order valence-corrected chi connectivity index (χ2v) is 8.30. The van der Waals surface area contributed by atoms with E-state index >= 15 is 0 Å². The van der Waals surface area contributed by atoms with Gasteiger partial charge in [0.1, 0.15) is 0 Å². The van der Waals surface area contributed by atoms with Crippen LogP contribution in [0, 0.1) is 11.8 Å². The molecule has 0 aromatic carbocycles. The Morgan fingerprint density at radius 3 is 2.33 bits per heavy atom. The highest BCUT2D eigenvalue weighted by Crippen LogP contribution is 2.34. The third-order valence-corrected chi connectivity index (χ3v) is 6.18. The highest BCUT2D eigenvalue weighted by molar-refractivity contribution is 5.01. The van der Waals surface area contributed by atoms with Gasteiger partial charge in [-0.3, -0.25) is 4.90 Å². The summed E-state index contributed by atoms with van der Waals surface area (Å²) in [4.78, 5) is 2.87. The van der Waals surface area contributed by atoms with Crippen molar-refractivity contribution in [1.82, 2.24) is 10.2 Å². The van der Waals surface area contributed by atoms with Crippen LogP contribution in [0.2, 0.25) is 0 Å². The number of piperazine rings is 1. The third-order valence-electron chi connectivity index (χ3n) is 6.18. The zero-order valence-corrected chi connectivity index (χ0v) is 15.1. The van der Waals surface area contributed by atoms with Gasteiger partial charge in [-0.25, -0.2) is 0 Å². The van der Waals surface area contributed by atoms with E-state index < -0.39 is 0 Å². The van der Waals surface area contributed by atoms with Gasteiger partial charge < -0.3 is 5.32 Å². The van der Waals surface area contributed by atoms with Crippen LogP contribution < -0.4 is 5.32 Å². The molecule has 1 aliphatic carbocycles. The van der Waals surface area contributed by atoms with Gasteiger partial charge in [-0.1, -0.05) is 53.4 Å². The molecule has 1 saturated heterocycles. The van der Waals surface area contributed by atoms with Crippen molar-refractivity contribution in [2.24, 2.45) is 11.8 Å². The molecule has 124 valence electrons. The molecule has 1 saturated carbocycles. The Bertz CT molecular complexity index is 307. The van der Waals surface area contributed by atoms with Gasteiger partial charge in [0.05, 0.1) is 0 Å². The molecule has 3 unspecified atom stereocenters. The molecule has 21 heavy (non-hydrogen) atoms. The van der Waals surface area contributed by atoms with Crippen LogP contribution in [-0.4, -0.2) is 35.6 Å². The first kappa shape index (κ1) is 17.3. The summed E-state index contributed by atoms with van der Waals surface area (Å²) in [6.45, 7) is 14.5. The molecule has 1 heterocycles. The molecule has 0 bridgehead atoms. The third kappa shape index (κ3) is 4.22. The van der Waals surface area contributed by atoms with Crippen molar-refractivity contribution in [1.29, 1.82) is 0 Å². The minimum atomic E-state index is 0.438. The van der Waals surface area contributed by atoms with Gasteiger partial charge in [-0.2, -0.15) is 0 Å². The molecule has 2 aliphatic rings. The van der Waals surface area contributed by atoms with Crippen molar-refractivity contribution in [3.8, 4) is 0 Å². The lowest BCUT2D eigenvalue weighted by molar-refractivity contribution is 0.00482. The summed E-state index contributed by atoms with van der Waals surface area (Å²) >= 11 is 0. The maximum absolute atomic E-state index is 3.98. The monoisotopic (exact) mass is 294 g/mol. The molecule has 0 radical (unpaired) electrons. The Hall–Kier alpha value is -0.0800. The number of nitrogens with one attached hydrogen (secondary N) is 1. The van der Waals surface area contributed by atoms with Crippen LogP contribution in [0.5, 0.6) is 0 Å². The molecule has 1 aliphatic heterocycles. The molecular formula is C19H38N2. The Balaban J connectivity index is 2.07. The Kier molecular flexibility index (Phi) is 6.14. The van der Waals surface area contributed by atoms with E-state index in [1.807, 2.05) is 0 Å². The first-order valence-electron chi connectivity index (χ1n) is 9.48. The SMILES string of the molecule is CCC(C)CC(C)N1CC2(CCCCC2)NCC1C(C)C. The quantitative estimate of drug-likeness (QED) is 0.806. The zero-order valence-electron chi connectivity index (χ0n) is 15.1. The average molecular weight is 295 g/mol. The number of hydrogen-bond donors (Lipinski definition) is 1. The maximum Gasteiger partial charge on any atom is 0.0309 e. The molecule has 0 aromatic heterocycles. The average Bonchev–Trinajstić information content (AvgIpc) is 2.47. The van der Waals surface area contributed by atoms with Gasteiger partial charge >= 0.3 is 0 Å². The van der Waals surface area contributed by atoms with E-state index in [1.165, 1.54) is 58.0 Å². The predicted octanol–water partition coefficient (Wildman–Crippen LogP) is 4.44. The summed E-state index contributed by atoms with van der Waals surface area (Å²) in [5, 5.41) is 3.98. The van der Waals surface area contributed by atoms with E-state index in [0.29, 0.717) is 5.54 Å². The fraction of sp³-hybridized carbons (Fsp3) is 1.00. The summed E-state index contributed by atoms with van der Waals surface area (Å²) < 4.78 is 0. The van der Waals surface area contributed by atoms with Crippen molar-refractivity contribution >= 4 is 0 Å². The highest BCUT2D eigenvalue weighted by atomic mass is 15.3. The molecule has 2 fully saturated rings. The second kappa shape index (κ2) is 7.46. The van der Waals surface area contributed by atoms with Crippen LogP contribution in [0.1, 0.15) is 79.6 Å². The van der Waals surface area contributed by atoms with E-state index in [1.54, 1.807) is 0 Å². The van der Waals surface area contributed by atoms with Crippen molar-refractivity contribution in [2.45, 2.75) is 97.2 Å². The van der Waals surface area contributed by atoms with Gasteiger partial charge in [-0.15, -0.1) is 0 Å². The number of rotatable bonds is 5. The van der Waals surface area contributed by atoms with Gasteiger partial charge in [-0.05, 0) is 38.0 Å². The summed E-state index contributed by atoms with van der Waals surface area (Å²) in [6.07, 6.45) is 9.75. The van der Waals surface area contributed by atoms with Crippen molar-refractivity contribution in [2.75, 3.05) is 13.1 Å². The molecule has 2 rings (SSSR count). The lowest BCUT2D eigenvalue weighted by atomic mass is 9.78. The molecule has 1 spiro atoms. The smallest absolute Gasteiger partial charge is 0.0309 e. The molecule has 3 atom stereocenters. The van der Waals surface area contributed by atoms with Crippen LogP contribution in [0.3, 0.4) is 0 Å². The van der Waals surface area contributed by atoms with E-state index in [4.69, 9.17) is 0 Å². The predicted molar refractivity (Wildman–Crippen MR) is 92.7 cm³/mol. The first-order chi connectivity index (χ1) is 9.97. The summed E-state index contributed by atoms with van der Waals surface area (Å²) in [7, 11) is 0. The Morgan fingerprint density at radius 1 is 1.10 bits per heavy atom. The standard InChI is InChI=1S/C19H38N2/c1-6-16(4)12-17(5)21-14-19(10-8-7-9-11-19)20-13-18(21)15(2)3/h15-18,20H,6-14H2,1-5H3. The summed E-state index contributed by atoms with van der Waals surface area (Å²) in [5.41, 5.74) is 0.438. The van der Waals surface area contributed by atoms with Gasteiger partial charge in [0.2, 0.25) is 0 Å². The zero-order chi connectivity index (χ0) is 15.5. The largest absolute Gasteiger partial charge is 0.308 e. The van der Waals surface area contributed by atoms with Gasteiger partial charge in [0, 0.05) is 30.7 Å². The second-order valence-electron chi connectivity index (χ2n) is 8.30. The highest BCUT2D eigenvalue weighted by Gasteiger charge is 2.42. The Morgan fingerprint density at radius 2 is 1.76 bits per heavy atom. The summed E-state index contributed by atoms with van der Waals surface area (Å²) in [5.74, 6) is 1.60. The molecule has 2 heteroatoms. The van der Waals surface area contributed by atoms with Gasteiger partial charge in [0.25, 0.3) is 0 Å². The maximum atomic E-state index is 3.98.